The van der Waals surface area contributed by atoms with Gasteiger partial charge in [-0.05, 0) is 38.1 Å². The molecule has 34 heavy (non-hydrogen) atoms. The van der Waals surface area contributed by atoms with Crippen LogP contribution in [0.2, 0.25) is 0 Å². The van der Waals surface area contributed by atoms with Crippen molar-refractivity contribution in [1.29, 1.82) is 0 Å². The van der Waals surface area contributed by atoms with E-state index in [2.05, 4.69) is 10.3 Å². The van der Waals surface area contributed by atoms with Crippen molar-refractivity contribution in [2.45, 2.75) is 19.0 Å². The largest absolute Gasteiger partial charge is 0.495 e. The fraction of sp³-hybridized carbons (Fsp3) is 0.154. The van der Waals surface area contributed by atoms with E-state index in [-0.39, 0.29) is 5.16 Å². The van der Waals surface area contributed by atoms with E-state index in [1.165, 1.54) is 11.7 Å². The SMILES string of the molecule is COc1ccccc1-n1cc(-c2ccc(C)cc2)nc1S(=O)(=O)CC(=O)Nc1ccc(C)cc1. The Morgan fingerprint density at radius 3 is 2.21 bits per heavy atom. The Morgan fingerprint density at radius 2 is 1.56 bits per heavy atom. The van der Waals surface area contributed by atoms with Crippen molar-refractivity contribution >= 4 is 21.4 Å². The second-order valence-electron chi connectivity index (χ2n) is 7.99. The van der Waals surface area contributed by atoms with Crippen molar-refractivity contribution in [2.75, 3.05) is 18.2 Å². The van der Waals surface area contributed by atoms with Crippen LogP contribution in [0.15, 0.2) is 84.1 Å². The molecule has 3 aromatic carbocycles. The Kier molecular flexibility index (Phi) is 6.51. The Hall–Kier alpha value is -3.91. The van der Waals surface area contributed by atoms with Crippen molar-refractivity contribution in [1.82, 2.24) is 9.55 Å². The summed E-state index contributed by atoms with van der Waals surface area (Å²) >= 11 is 0. The number of aryl methyl sites for hydroxylation is 2. The number of nitrogens with zero attached hydrogens (tertiary/aromatic N) is 2. The molecule has 8 heteroatoms. The number of methoxy groups -OCH3 is 1. The van der Waals surface area contributed by atoms with Crippen molar-refractivity contribution in [2.24, 2.45) is 0 Å². The highest BCUT2D eigenvalue weighted by molar-refractivity contribution is 7.92. The summed E-state index contributed by atoms with van der Waals surface area (Å²) in [5.41, 5.74) is 4.39. The van der Waals surface area contributed by atoms with E-state index in [0.29, 0.717) is 22.8 Å². The summed E-state index contributed by atoms with van der Waals surface area (Å²) in [4.78, 5) is 17.1. The summed E-state index contributed by atoms with van der Waals surface area (Å²) < 4.78 is 33.7. The third kappa shape index (κ3) is 5.02. The number of benzene rings is 3. The number of hydrogen-bond donors (Lipinski definition) is 1. The maximum Gasteiger partial charge on any atom is 0.240 e. The molecule has 0 fully saturated rings. The molecule has 0 unspecified atom stereocenters. The highest BCUT2D eigenvalue weighted by Gasteiger charge is 2.28. The molecule has 1 heterocycles. The van der Waals surface area contributed by atoms with Crippen LogP contribution in [0.5, 0.6) is 5.75 Å². The second kappa shape index (κ2) is 9.52. The zero-order valence-electron chi connectivity index (χ0n) is 19.1. The number of rotatable bonds is 7. The summed E-state index contributed by atoms with van der Waals surface area (Å²) in [6.07, 6.45) is 1.65. The maximum absolute atomic E-state index is 13.4. The highest BCUT2D eigenvalue weighted by Crippen LogP contribution is 2.29. The highest BCUT2D eigenvalue weighted by atomic mass is 32.2. The third-order valence-corrected chi connectivity index (χ3v) is 6.79. The zero-order chi connectivity index (χ0) is 24.3. The van der Waals surface area contributed by atoms with Crippen LogP contribution in [0.1, 0.15) is 11.1 Å². The van der Waals surface area contributed by atoms with E-state index < -0.39 is 21.5 Å². The average Bonchev–Trinajstić information content (AvgIpc) is 3.27. The van der Waals surface area contributed by atoms with Crippen LogP contribution in [0.4, 0.5) is 5.69 Å². The number of aromatic nitrogens is 2. The summed E-state index contributed by atoms with van der Waals surface area (Å²) in [5.74, 6) is -0.911. The molecule has 4 aromatic rings. The molecule has 0 aliphatic heterocycles. The first-order chi connectivity index (χ1) is 16.3. The molecule has 0 aliphatic carbocycles. The van der Waals surface area contributed by atoms with E-state index in [1.807, 2.05) is 50.2 Å². The number of ether oxygens (including phenoxy) is 1. The van der Waals surface area contributed by atoms with E-state index in [1.54, 1.807) is 42.6 Å². The number of hydrogen-bond acceptors (Lipinski definition) is 5. The number of anilines is 1. The van der Waals surface area contributed by atoms with Gasteiger partial charge in [-0.15, -0.1) is 0 Å². The van der Waals surface area contributed by atoms with Crippen molar-refractivity contribution in [3.8, 4) is 22.7 Å². The Bertz CT molecular complexity index is 1420. The molecule has 0 saturated heterocycles. The maximum atomic E-state index is 13.4. The third-order valence-electron chi connectivity index (χ3n) is 5.30. The zero-order valence-corrected chi connectivity index (χ0v) is 20.0. The molecule has 0 aliphatic rings. The van der Waals surface area contributed by atoms with Crippen molar-refractivity contribution < 1.29 is 17.9 Å². The second-order valence-corrected chi connectivity index (χ2v) is 9.87. The van der Waals surface area contributed by atoms with E-state index >= 15 is 0 Å². The average molecular weight is 476 g/mol. The molecule has 0 spiro atoms. The first-order valence-electron chi connectivity index (χ1n) is 10.7. The van der Waals surface area contributed by atoms with Crippen LogP contribution in [0.3, 0.4) is 0 Å². The number of nitrogens with one attached hydrogen (secondary N) is 1. The summed E-state index contributed by atoms with van der Waals surface area (Å²) in [7, 11) is -2.59. The van der Waals surface area contributed by atoms with Crippen LogP contribution in [-0.4, -0.2) is 36.7 Å². The van der Waals surface area contributed by atoms with Gasteiger partial charge in [0.1, 0.15) is 11.5 Å². The topological polar surface area (TPSA) is 90.3 Å². The first kappa shape index (κ1) is 23.3. The standard InChI is InChI=1S/C26H25N3O4S/c1-18-8-12-20(13-9-18)22-16-29(23-6-4-5-7-24(23)33-3)26(28-22)34(31,32)17-25(30)27-21-14-10-19(2)11-15-21/h4-16H,17H2,1-3H3,(H,27,30). The van der Waals surface area contributed by atoms with Gasteiger partial charge in [-0.2, -0.15) is 0 Å². The van der Waals surface area contributed by atoms with Gasteiger partial charge in [0, 0.05) is 17.4 Å². The minimum absolute atomic E-state index is 0.230. The van der Waals surface area contributed by atoms with Crippen LogP contribution < -0.4 is 10.1 Å². The van der Waals surface area contributed by atoms with Crippen LogP contribution >= 0.6 is 0 Å². The van der Waals surface area contributed by atoms with E-state index in [4.69, 9.17) is 4.74 Å². The molecule has 1 aromatic heterocycles. The van der Waals surface area contributed by atoms with Gasteiger partial charge in [0.2, 0.25) is 20.9 Å². The Morgan fingerprint density at radius 1 is 0.941 bits per heavy atom. The molecule has 1 amide bonds. The summed E-state index contributed by atoms with van der Waals surface area (Å²) in [5, 5.41) is 2.41. The number of carbonyl (C=O) groups excluding carboxylic acids is 1. The fourth-order valence-electron chi connectivity index (χ4n) is 3.52. The molecule has 174 valence electrons. The normalized spacial score (nSPS) is 11.3. The molecule has 1 N–H and O–H groups in total. The van der Waals surface area contributed by atoms with Crippen LogP contribution in [0, 0.1) is 13.8 Å². The van der Waals surface area contributed by atoms with Gasteiger partial charge in [-0.3, -0.25) is 9.36 Å². The first-order valence-corrected chi connectivity index (χ1v) is 12.3. The lowest BCUT2D eigenvalue weighted by molar-refractivity contribution is -0.113. The van der Waals surface area contributed by atoms with Crippen molar-refractivity contribution in [3.05, 3.63) is 90.1 Å². The predicted molar refractivity (Wildman–Crippen MR) is 132 cm³/mol. The molecular formula is C26H25N3O4S. The Balaban J connectivity index is 1.74. The van der Waals surface area contributed by atoms with Gasteiger partial charge in [0.15, 0.2) is 0 Å². The molecular weight excluding hydrogens is 450 g/mol. The van der Waals surface area contributed by atoms with Gasteiger partial charge >= 0.3 is 0 Å². The number of amides is 1. The molecule has 7 nitrogen and oxygen atoms in total. The van der Waals surface area contributed by atoms with Crippen LogP contribution in [0.25, 0.3) is 16.9 Å². The lowest BCUT2D eigenvalue weighted by Crippen LogP contribution is -2.25. The molecule has 0 radical (unpaired) electrons. The number of carbonyl (C=O) groups is 1. The smallest absolute Gasteiger partial charge is 0.240 e. The monoisotopic (exact) mass is 475 g/mol. The number of sulfone groups is 1. The lowest BCUT2D eigenvalue weighted by Gasteiger charge is -2.12. The number of para-hydroxylation sites is 2. The fourth-order valence-corrected chi connectivity index (χ4v) is 4.75. The van der Waals surface area contributed by atoms with E-state index in [9.17, 15) is 13.2 Å². The summed E-state index contributed by atoms with van der Waals surface area (Å²) in [6, 6.07) is 21.8. The van der Waals surface area contributed by atoms with Gasteiger partial charge in [0.25, 0.3) is 0 Å². The molecule has 0 saturated carbocycles. The van der Waals surface area contributed by atoms with E-state index in [0.717, 1.165) is 16.7 Å². The Labute approximate surface area is 199 Å². The van der Waals surface area contributed by atoms with Gasteiger partial charge < -0.3 is 10.1 Å². The molecule has 4 rings (SSSR count). The van der Waals surface area contributed by atoms with Gasteiger partial charge in [-0.25, -0.2) is 13.4 Å². The number of imidazole rings is 1. The summed E-state index contributed by atoms with van der Waals surface area (Å²) in [6.45, 7) is 3.90. The molecule has 0 atom stereocenters. The van der Waals surface area contributed by atoms with Crippen LogP contribution in [-0.2, 0) is 14.6 Å². The van der Waals surface area contributed by atoms with Gasteiger partial charge in [0.05, 0.1) is 18.5 Å². The predicted octanol–water partition coefficient (Wildman–Crippen LogP) is 4.58. The quantitative estimate of drug-likeness (QED) is 0.423. The molecule has 0 bridgehead atoms. The van der Waals surface area contributed by atoms with Crippen molar-refractivity contribution in [3.63, 3.8) is 0 Å². The van der Waals surface area contributed by atoms with Gasteiger partial charge in [-0.1, -0.05) is 59.7 Å². The minimum atomic E-state index is -4.10. The minimum Gasteiger partial charge on any atom is -0.495 e. The lowest BCUT2D eigenvalue weighted by atomic mass is 10.1.